The monoisotopic (exact) mass is 234 g/mol. The van der Waals surface area contributed by atoms with Gasteiger partial charge in [-0.05, 0) is 24.7 Å². The van der Waals surface area contributed by atoms with Gasteiger partial charge in [-0.2, -0.15) is 0 Å². The Morgan fingerprint density at radius 1 is 1.00 bits per heavy atom. The number of rotatable bonds is 7. The smallest absolute Gasteiger partial charge is 0.00313 e. The number of hydrogen-bond donors (Lipinski definition) is 0. The second-order valence-corrected chi connectivity index (χ2v) is 5.21. The van der Waals surface area contributed by atoms with Crippen molar-refractivity contribution < 1.29 is 0 Å². The summed E-state index contributed by atoms with van der Waals surface area (Å²) in [4.78, 5) is 0. The highest BCUT2D eigenvalue weighted by atomic mass is 79.9. The van der Waals surface area contributed by atoms with Crippen LogP contribution in [0.25, 0.3) is 0 Å². The van der Waals surface area contributed by atoms with Gasteiger partial charge in [-0.3, -0.25) is 0 Å². The summed E-state index contributed by atoms with van der Waals surface area (Å²) in [5, 5.41) is 1.17. The van der Waals surface area contributed by atoms with E-state index in [2.05, 4.69) is 36.7 Å². The summed E-state index contributed by atoms with van der Waals surface area (Å²) in [6.07, 6.45) is 8.22. The molecule has 0 unspecified atom stereocenters. The molecule has 74 valence electrons. The van der Waals surface area contributed by atoms with E-state index in [9.17, 15) is 0 Å². The van der Waals surface area contributed by atoms with Gasteiger partial charge in [0.25, 0.3) is 0 Å². The predicted octanol–water partition coefficient (Wildman–Crippen LogP) is 4.77. The van der Waals surface area contributed by atoms with Crippen LogP contribution in [-0.2, 0) is 0 Å². The number of halogens is 1. The highest BCUT2D eigenvalue weighted by Gasteiger charge is 2.15. The summed E-state index contributed by atoms with van der Waals surface area (Å²) in [5.74, 6) is 0. The van der Waals surface area contributed by atoms with Crippen LogP contribution in [0, 0.1) is 5.41 Å². The van der Waals surface area contributed by atoms with Crippen molar-refractivity contribution in [2.24, 2.45) is 5.41 Å². The van der Waals surface area contributed by atoms with Gasteiger partial charge in [-0.15, -0.1) is 0 Å². The first-order chi connectivity index (χ1) is 5.62. The largest absolute Gasteiger partial charge is 0.0928 e. The van der Waals surface area contributed by atoms with Crippen molar-refractivity contribution in [2.75, 3.05) is 5.33 Å². The zero-order valence-electron chi connectivity index (χ0n) is 8.83. The molecule has 0 aromatic heterocycles. The predicted molar refractivity (Wildman–Crippen MR) is 61.0 cm³/mol. The van der Waals surface area contributed by atoms with Crippen molar-refractivity contribution in [3.63, 3.8) is 0 Å². The maximum Gasteiger partial charge on any atom is 0.00313 e. The van der Waals surface area contributed by atoms with Gasteiger partial charge in [0.15, 0.2) is 0 Å². The van der Waals surface area contributed by atoms with Gasteiger partial charge in [0.05, 0.1) is 0 Å². The van der Waals surface area contributed by atoms with E-state index in [4.69, 9.17) is 0 Å². The SMILES string of the molecule is CCCC(C)(C)CCCCCBr. The number of alkyl halides is 1. The van der Waals surface area contributed by atoms with E-state index in [0.717, 1.165) is 0 Å². The zero-order chi connectivity index (χ0) is 9.45. The molecule has 0 spiro atoms. The topological polar surface area (TPSA) is 0 Å². The molecular weight excluding hydrogens is 212 g/mol. The Morgan fingerprint density at radius 2 is 1.67 bits per heavy atom. The summed E-state index contributed by atoms with van der Waals surface area (Å²) in [6.45, 7) is 7.06. The van der Waals surface area contributed by atoms with Gasteiger partial charge in [-0.1, -0.05) is 56.0 Å². The molecule has 0 amide bonds. The molecular formula is C11H23Br. The first-order valence-electron chi connectivity index (χ1n) is 5.18. The molecule has 0 atom stereocenters. The average molecular weight is 235 g/mol. The van der Waals surface area contributed by atoms with Crippen LogP contribution >= 0.6 is 15.9 Å². The Labute approximate surface area is 86.3 Å². The molecule has 0 aromatic rings. The Kier molecular flexibility index (Phi) is 7.22. The molecule has 0 aliphatic carbocycles. The fourth-order valence-corrected chi connectivity index (χ4v) is 2.07. The minimum atomic E-state index is 0.584. The Hall–Kier alpha value is 0.480. The number of hydrogen-bond acceptors (Lipinski definition) is 0. The van der Waals surface area contributed by atoms with E-state index in [1.165, 1.54) is 43.9 Å². The van der Waals surface area contributed by atoms with Crippen LogP contribution in [0.4, 0.5) is 0 Å². The molecule has 0 radical (unpaired) electrons. The molecule has 0 saturated heterocycles. The minimum Gasteiger partial charge on any atom is -0.0928 e. The lowest BCUT2D eigenvalue weighted by molar-refractivity contribution is 0.293. The Morgan fingerprint density at radius 3 is 2.17 bits per heavy atom. The van der Waals surface area contributed by atoms with Crippen molar-refractivity contribution in [1.29, 1.82) is 0 Å². The van der Waals surface area contributed by atoms with Crippen LogP contribution in [0.2, 0.25) is 0 Å². The van der Waals surface area contributed by atoms with E-state index in [-0.39, 0.29) is 0 Å². The van der Waals surface area contributed by atoms with Crippen LogP contribution in [0.15, 0.2) is 0 Å². The maximum atomic E-state index is 3.46. The number of unbranched alkanes of at least 4 members (excludes halogenated alkanes) is 2. The first-order valence-corrected chi connectivity index (χ1v) is 6.30. The molecule has 0 nitrogen and oxygen atoms in total. The Balaban J connectivity index is 3.33. The fraction of sp³-hybridized carbons (Fsp3) is 1.00. The summed E-state index contributed by atoms with van der Waals surface area (Å²) in [5.41, 5.74) is 0.584. The van der Waals surface area contributed by atoms with Crippen molar-refractivity contribution in [2.45, 2.75) is 59.3 Å². The lowest BCUT2D eigenvalue weighted by atomic mass is 9.83. The summed E-state index contributed by atoms with van der Waals surface area (Å²) in [7, 11) is 0. The third-order valence-corrected chi connectivity index (χ3v) is 2.97. The van der Waals surface area contributed by atoms with E-state index < -0.39 is 0 Å². The van der Waals surface area contributed by atoms with Gasteiger partial charge in [-0.25, -0.2) is 0 Å². The molecule has 1 heteroatoms. The van der Waals surface area contributed by atoms with E-state index in [1.54, 1.807) is 0 Å². The highest BCUT2D eigenvalue weighted by Crippen LogP contribution is 2.28. The van der Waals surface area contributed by atoms with Crippen LogP contribution in [0.3, 0.4) is 0 Å². The average Bonchev–Trinajstić information content (AvgIpc) is 1.98. The second-order valence-electron chi connectivity index (χ2n) is 4.41. The molecule has 0 bridgehead atoms. The van der Waals surface area contributed by atoms with E-state index in [0.29, 0.717) is 5.41 Å². The van der Waals surface area contributed by atoms with E-state index >= 15 is 0 Å². The molecule has 0 heterocycles. The van der Waals surface area contributed by atoms with Crippen LogP contribution < -0.4 is 0 Å². The van der Waals surface area contributed by atoms with Crippen molar-refractivity contribution in [3.8, 4) is 0 Å². The van der Waals surface area contributed by atoms with Crippen molar-refractivity contribution in [3.05, 3.63) is 0 Å². The van der Waals surface area contributed by atoms with Crippen LogP contribution in [0.1, 0.15) is 59.3 Å². The van der Waals surface area contributed by atoms with E-state index in [1.807, 2.05) is 0 Å². The second kappa shape index (κ2) is 6.94. The summed E-state index contributed by atoms with van der Waals surface area (Å²) in [6, 6.07) is 0. The lowest BCUT2D eigenvalue weighted by Gasteiger charge is -2.23. The standard InChI is InChI=1S/C11H23Br/c1-4-8-11(2,3)9-6-5-7-10-12/h4-10H2,1-3H3. The molecule has 0 aliphatic rings. The van der Waals surface area contributed by atoms with Crippen LogP contribution in [0.5, 0.6) is 0 Å². The molecule has 0 saturated carbocycles. The first kappa shape index (κ1) is 12.5. The van der Waals surface area contributed by atoms with Gasteiger partial charge in [0.2, 0.25) is 0 Å². The van der Waals surface area contributed by atoms with Crippen molar-refractivity contribution >= 4 is 15.9 Å². The third-order valence-electron chi connectivity index (χ3n) is 2.41. The molecule has 0 aliphatic heterocycles. The Bertz CT molecular complexity index is 97.2. The van der Waals surface area contributed by atoms with Gasteiger partial charge in [0.1, 0.15) is 0 Å². The zero-order valence-corrected chi connectivity index (χ0v) is 10.4. The molecule has 0 aromatic carbocycles. The highest BCUT2D eigenvalue weighted by molar-refractivity contribution is 9.09. The summed E-state index contributed by atoms with van der Waals surface area (Å²) >= 11 is 3.46. The maximum absolute atomic E-state index is 3.46. The normalized spacial score (nSPS) is 12.0. The van der Waals surface area contributed by atoms with Gasteiger partial charge in [0, 0.05) is 5.33 Å². The van der Waals surface area contributed by atoms with Crippen molar-refractivity contribution in [1.82, 2.24) is 0 Å². The fourth-order valence-electron chi connectivity index (χ4n) is 1.68. The molecule has 0 fully saturated rings. The molecule has 0 N–H and O–H groups in total. The summed E-state index contributed by atoms with van der Waals surface area (Å²) < 4.78 is 0. The molecule has 0 rings (SSSR count). The van der Waals surface area contributed by atoms with Gasteiger partial charge >= 0.3 is 0 Å². The third kappa shape index (κ3) is 7.15. The molecule has 12 heavy (non-hydrogen) atoms. The minimum absolute atomic E-state index is 0.584. The van der Waals surface area contributed by atoms with Crippen LogP contribution in [-0.4, -0.2) is 5.33 Å². The lowest BCUT2D eigenvalue weighted by Crippen LogP contribution is -2.10. The van der Waals surface area contributed by atoms with Gasteiger partial charge < -0.3 is 0 Å². The quantitative estimate of drug-likeness (QED) is 0.440.